The van der Waals surface area contributed by atoms with Crippen LogP contribution in [0, 0.1) is 0 Å². The number of aliphatic hydroxyl groups is 12. The minimum atomic E-state index is -1.86. The van der Waals surface area contributed by atoms with Gasteiger partial charge in [0.15, 0.2) is 25.2 Å². The third kappa shape index (κ3) is 10.2. The fourth-order valence-corrected chi connectivity index (χ4v) is 6.53. The summed E-state index contributed by atoms with van der Waals surface area (Å²) in [5.41, 5.74) is 0. The molecule has 0 unspecified atom stereocenters. The van der Waals surface area contributed by atoms with E-state index in [-0.39, 0.29) is 13.2 Å². The molecule has 20 atom stereocenters. The molecular formula is C30H52N2O22. The van der Waals surface area contributed by atoms with Crippen molar-refractivity contribution in [3.05, 3.63) is 0 Å². The van der Waals surface area contributed by atoms with E-state index in [0.29, 0.717) is 0 Å². The van der Waals surface area contributed by atoms with Crippen molar-refractivity contribution in [2.45, 2.75) is 137 Å². The third-order valence-corrected chi connectivity index (χ3v) is 9.37. The van der Waals surface area contributed by atoms with Crippen LogP contribution in [-0.4, -0.2) is 235 Å². The molecule has 314 valence electrons. The van der Waals surface area contributed by atoms with Crippen molar-refractivity contribution in [1.29, 1.82) is 0 Å². The van der Waals surface area contributed by atoms with Crippen molar-refractivity contribution in [1.82, 2.24) is 10.6 Å². The number of hydrogen-bond donors (Lipinski definition) is 14. The molecule has 0 aromatic rings. The molecule has 4 fully saturated rings. The number of amides is 2. The molecule has 0 spiro atoms. The van der Waals surface area contributed by atoms with Gasteiger partial charge in [-0.2, -0.15) is 0 Å². The van der Waals surface area contributed by atoms with Crippen LogP contribution in [0.3, 0.4) is 0 Å². The number of nitrogens with one attached hydrogen (secondary N) is 2. The van der Waals surface area contributed by atoms with Gasteiger partial charge in [-0.15, -0.1) is 0 Å². The second-order valence-electron chi connectivity index (χ2n) is 13.2. The normalized spacial score (nSPS) is 45.8. The van der Waals surface area contributed by atoms with Gasteiger partial charge in [0.05, 0.1) is 39.6 Å². The van der Waals surface area contributed by atoms with Crippen LogP contribution < -0.4 is 10.6 Å². The summed E-state index contributed by atoms with van der Waals surface area (Å²) < 4.78 is 44.9. The lowest BCUT2D eigenvalue weighted by Gasteiger charge is -2.47. The van der Waals surface area contributed by atoms with Gasteiger partial charge in [-0.1, -0.05) is 0 Å². The molecule has 4 rings (SSSR count). The van der Waals surface area contributed by atoms with Crippen LogP contribution in [0.4, 0.5) is 0 Å². The second-order valence-corrected chi connectivity index (χ2v) is 13.2. The van der Waals surface area contributed by atoms with Crippen LogP contribution in [0.1, 0.15) is 13.8 Å². The first-order valence-electron chi connectivity index (χ1n) is 17.2. The van der Waals surface area contributed by atoms with Gasteiger partial charge in [-0.25, -0.2) is 0 Å². The Morgan fingerprint density at radius 3 is 1.07 bits per heavy atom. The van der Waals surface area contributed by atoms with Gasteiger partial charge in [0.1, 0.15) is 97.5 Å². The lowest BCUT2D eigenvalue weighted by atomic mass is 9.95. The standard InChI is InChI=1S/C30H52N2O22/c1-9(37)31-15-19(41)25(53-29-23(45)21(43)17(39)11(5-33)49-29)13(7-35)51-27(15)47-3-4-48-28-16(32-10(2)38)20(42)26(14(8-36)52-28)54-30-24(46)22(44)18(40)12(6-34)50-30/h11-30,33-36,39-46H,3-8H2,1-2H3,(H,31,37)(H,32,38)/t11-,12-,13-,14-,15-,16-,17+,18+,19-,20-,21+,22+,23-,24-,25-,26-,27-,28-,29+,30+/m1/s1. The minimum absolute atomic E-state index is 0.388. The van der Waals surface area contributed by atoms with Crippen molar-refractivity contribution in [3.8, 4) is 0 Å². The van der Waals surface area contributed by atoms with E-state index < -0.39 is 161 Å². The number of carbonyl (C=O) groups excluding carboxylic acids is 2. The predicted octanol–water partition coefficient (Wildman–Crippen LogP) is -9.44. The lowest BCUT2D eigenvalue weighted by molar-refractivity contribution is -0.352. The molecule has 0 radical (unpaired) electrons. The number of carbonyl (C=O) groups is 2. The highest BCUT2D eigenvalue weighted by molar-refractivity contribution is 5.73. The van der Waals surface area contributed by atoms with Crippen molar-refractivity contribution in [2.24, 2.45) is 0 Å². The second kappa shape index (κ2) is 20.0. The largest absolute Gasteiger partial charge is 0.394 e. The van der Waals surface area contributed by atoms with Gasteiger partial charge in [-0.05, 0) is 0 Å². The van der Waals surface area contributed by atoms with Gasteiger partial charge < -0.3 is 110 Å². The SMILES string of the molecule is CC(=O)N[C@H]1[C@H](OCCO[C@@H]2O[C@H](CO)[C@@H](O[C@@H]3O[C@H](CO)[C@H](O)[C@H](O)[C@H]3O)[C@H](O)[C@H]2NC(C)=O)O[C@H](CO)[C@@H](O[C@@H]2O[C@H](CO)[C@H](O)[C@H](O)[C@H]2O)[C@@H]1O. The first-order chi connectivity index (χ1) is 25.6. The average Bonchev–Trinajstić information content (AvgIpc) is 3.14. The average molecular weight is 793 g/mol. The fourth-order valence-electron chi connectivity index (χ4n) is 6.53. The van der Waals surface area contributed by atoms with Gasteiger partial charge in [0, 0.05) is 13.8 Å². The van der Waals surface area contributed by atoms with E-state index in [1.807, 2.05) is 0 Å². The van der Waals surface area contributed by atoms with Crippen molar-refractivity contribution in [3.63, 3.8) is 0 Å². The Balaban J connectivity index is 1.41. The Labute approximate surface area is 307 Å². The van der Waals surface area contributed by atoms with E-state index in [1.165, 1.54) is 0 Å². The van der Waals surface area contributed by atoms with Crippen LogP contribution in [-0.2, 0) is 47.5 Å². The summed E-state index contributed by atoms with van der Waals surface area (Å²) >= 11 is 0. The molecule has 2 amide bonds. The molecule has 4 heterocycles. The zero-order valence-corrected chi connectivity index (χ0v) is 29.2. The molecule has 14 N–H and O–H groups in total. The van der Waals surface area contributed by atoms with E-state index in [4.69, 9.17) is 37.9 Å². The number of aliphatic hydroxyl groups excluding tert-OH is 12. The molecule has 4 aliphatic heterocycles. The number of rotatable bonds is 15. The van der Waals surface area contributed by atoms with Gasteiger partial charge in [0.25, 0.3) is 0 Å². The maximum atomic E-state index is 12.1. The van der Waals surface area contributed by atoms with Gasteiger partial charge >= 0.3 is 0 Å². The summed E-state index contributed by atoms with van der Waals surface area (Å²) in [7, 11) is 0. The summed E-state index contributed by atoms with van der Waals surface area (Å²) in [6.07, 6.45) is -29.2. The van der Waals surface area contributed by atoms with Crippen molar-refractivity contribution < 1.29 is 109 Å². The zero-order chi connectivity index (χ0) is 40.0. The Morgan fingerprint density at radius 2 is 0.778 bits per heavy atom. The van der Waals surface area contributed by atoms with Crippen LogP contribution in [0.5, 0.6) is 0 Å². The zero-order valence-electron chi connectivity index (χ0n) is 29.2. The highest BCUT2D eigenvalue weighted by Crippen LogP contribution is 2.32. The maximum Gasteiger partial charge on any atom is 0.217 e. The Bertz CT molecular complexity index is 1100. The Kier molecular flexibility index (Phi) is 16.6. The van der Waals surface area contributed by atoms with Crippen molar-refractivity contribution in [2.75, 3.05) is 39.6 Å². The van der Waals surface area contributed by atoms with E-state index in [0.717, 1.165) is 13.8 Å². The maximum absolute atomic E-state index is 12.1. The first-order valence-corrected chi connectivity index (χ1v) is 17.2. The summed E-state index contributed by atoms with van der Waals surface area (Å²) in [4.78, 5) is 24.2. The molecule has 4 aliphatic rings. The molecule has 0 aromatic heterocycles. The molecule has 0 saturated carbocycles. The number of hydrogen-bond acceptors (Lipinski definition) is 22. The van der Waals surface area contributed by atoms with E-state index >= 15 is 0 Å². The fraction of sp³-hybridized carbons (Fsp3) is 0.933. The quantitative estimate of drug-likeness (QED) is 0.0685. The topological polar surface area (TPSA) is 375 Å². The molecule has 0 aliphatic carbocycles. The van der Waals surface area contributed by atoms with Gasteiger partial charge in [-0.3, -0.25) is 9.59 Å². The Morgan fingerprint density at radius 1 is 0.463 bits per heavy atom. The molecule has 24 nitrogen and oxygen atoms in total. The molecule has 4 saturated heterocycles. The summed E-state index contributed by atoms with van der Waals surface area (Å²) in [6, 6.07) is -2.78. The van der Waals surface area contributed by atoms with Crippen LogP contribution >= 0.6 is 0 Å². The molecule has 0 aromatic carbocycles. The molecular weight excluding hydrogens is 740 g/mol. The van der Waals surface area contributed by atoms with E-state index in [2.05, 4.69) is 10.6 Å². The Hall–Kier alpha value is -1.86. The van der Waals surface area contributed by atoms with Crippen LogP contribution in [0.25, 0.3) is 0 Å². The molecule has 0 bridgehead atoms. The predicted molar refractivity (Wildman–Crippen MR) is 168 cm³/mol. The number of ether oxygens (including phenoxy) is 8. The highest BCUT2D eigenvalue weighted by atomic mass is 16.8. The van der Waals surface area contributed by atoms with Gasteiger partial charge in [0.2, 0.25) is 11.8 Å². The summed E-state index contributed by atoms with van der Waals surface area (Å²) in [5.74, 6) is -1.31. The molecule has 24 heteroatoms. The first kappa shape index (κ1) is 44.8. The summed E-state index contributed by atoms with van der Waals surface area (Å²) in [5, 5.41) is 128. The minimum Gasteiger partial charge on any atom is -0.394 e. The molecule has 54 heavy (non-hydrogen) atoms. The van der Waals surface area contributed by atoms with Crippen LogP contribution in [0.15, 0.2) is 0 Å². The van der Waals surface area contributed by atoms with Crippen LogP contribution in [0.2, 0.25) is 0 Å². The highest BCUT2D eigenvalue weighted by Gasteiger charge is 2.53. The monoisotopic (exact) mass is 792 g/mol. The summed E-state index contributed by atoms with van der Waals surface area (Å²) in [6.45, 7) is -1.66. The smallest absolute Gasteiger partial charge is 0.217 e. The van der Waals surface area contributed by atoms with E-state index in [9.17, 15) is 70.9 Å². The van der Waals surface area contributed by atoms with Crippen molar-refractivity contribution >= 4 is 11.8 Å². The third-order valence-electron chi connectivity index (χ3n) is 9.37. The lowest BCUT2D eigenvalue weighted by Crippen LogP contribution is -2.68. The van der Waals surface area contributed by atoms with E-state index in [1.54, 1.807) is 0 Å².